The van der Waals surface area contributed by atoms with Crippen molar-refractivity contribution in [3.8, 4) is 0 Å². The molecule has 2 aliphatic heterocycles. The molecule has 0 radical (unpaired) electrons. The average molecular weight is 397 g/mol. The Labute approximate surface area is 175 Å². The van der Waals surface area contributed by atoms with Crippen LogP contribution in [-0.2, 0) is 0 Å². The second-order valence-electron chi connectivity index (χ2n) is 10.2. The number of piperidine rings is 1. The molecule has 0 aromatic carbocycles. The highest BCUT2D eigenvalue weighted by Gasteiger charge is 2.46. The first-order valence-corrected chi connectivity index (χ1v) is 11.8. The molecule has 2 saturated heterocycles. The van der Waals surface area contributed by atoms with Gasteiger partial charge < -0.3 is 9.80 Å². The lowest BCUT2D eigenvalue weighted by Gasteiger charge is -2.54. The number of likely N-dealkylation sites (tertiary alicyclic amines) is 1. The van der Waals surface area contributed by atoms with E-state index in [0.29, 0.717) is 11.1 Å². The van der Waals surface area contributed by atoms with Crippen molar-refractivity contribution >= 4 is 5.91 Å². The van der Waals surface area contributed by atoms with E-state index in [2.05, 4.69) is 14.8 Å². The van der Waals surface area contributed by atoms with E-state index >= 15 is 0 Å². The van der Waals surface area contributed by atoms with Crippen molar-refractivity contribution in [3.05, 3.63) is 29.6 Å². The SMILES string of the molecule is Cc1cccc(C(=O)N2CCC3(CC2)CC(CN2CCN(C4CCC4)CC2)C3)n1. The number of carbonyl (C=O) groups is 1. The van der Waals surface area contributed by atoms with Crippen LogP contribution in [0.1, 0.15) is 61.1 Å². The zero-order chi connectivity index (χ0) is 19.8. The predicted molar refractivity (Wildman–Crippen MR) is 115 cm³/mol. The largest absolute Gasteiger partial charge is 0.337 e. The van der Waals surface area contributed by atoms with E-state index in [4.69, 9.17) is 0 Å². The molecule has 0 bridgehead atoms. The zero-order valence-electron chi connectivity index (χ0n) is 18.0. The van der Waals surface area contributed by atoms with Gasteiger partial charge in [0.2, 0.25) is 0 Å². The fraction of sp³-hybridized carbons (Fsp3) is 0.750. The molecule has 1 spiro atoms. The molecular weight excluding hydrogens is 360 g/mol. The number of hydrogen-bond acceptors (Lipinski definition) is 4. The minimum Gasteiger partial charge on any atom is -0.337 e. The summed E-state index contributed by atoms with van der Waals surface area (Å²) in [5.41, 5.74) is 2.04. The lowest BCUT2D eigenvalue weighted by atomic mass is 9.57. The van der Waals surface area contributed by atoms with Gasteiger partial charge in [0.15, 0.2) is 0 Å². The molecule has 1 aromatic rings. The van der Waals surface area contributed by atoms with Crippen molar-refractivity contribution in [1.82, 2.24) is 19.7 Å². The number of amides is 1. The molecular formula is C24H36N4O. The summed E-state index contributed by atoms with van der Waals surface area (Å²) in [7, 11) is 0. The molecule has 5 rings (SSSR count). The molecule has 29 heavy (non-hydrogen) atoms. The molecule has 1 amide bonds. The molecule has 3 heterocycles. The smallest absolute Gasteiger partial charge is 0.272 e. The van der Waals surface area contributed by atoms with Crippen LogP contribution in [0.5, 0.6) is 0 Å². The lowest BCUT2D eigenvalue weighted by Crippen LogP contribution is -2.55. The Morgan fingerprint density at radius 1 is 1.07 bits per heavy atom. The summed E-state index contributed by atoms with van der Waals surface area (Å²) < 4.78 is 0. The second-order valence-corrected chi connectivity index (χ2v) is 10.2. The van der Waals surface area contributed by atoms with Gasteiger partial charge >= 0.3 is 0 Å². The van der Waals surface area contributed by atoms with Crippen LogP contribution in [0.2, 0.25) is 0 Å². The Balaban J connectivity index is 1.05. The topological polar surface area (TPSA) is 39.7 Å². The highest BCUT2D eigenvalue weighted by molar-refractivity contribution is 5.92. The van der Waals surface area contributed by atoms with E-state index in [0.717, 1.165) is 30.7 Å². The van der Waals surface area contributed by atoms with Crippen molar-refractivity contribution in [2.24, 2.45) is 11.3 Å². The van der Waals surface area contributed by atoms with Crippen LogP contribution < -0.4 is 0 Å². The maximum atomic E-state index is 12.7. The van der Waals surface area contributed by atoms with Crippen molar-refractivity contribution in [3.63, 3.8) is 0 Å². The molecule has 0 unspecified atom stereocenters. The molecule has 2 aliphatic carbocycles. The molecule has 1 aromatic heterocycles. The van der Waals surface area contributed by atoms with Crippen molar-refractivity contribution < 1.29 is 4.79 Å². The van der Waals surface area contributed by atoms with E-state index in [1.807, 2.05) is 30.0 Å². The maximum absolute atomic E-state index is 12.7. The highest BCUT2D eigenvalue weighted by atomic mass is 16.2. The summed E-state index contributed by atoms with van der Waals surface area (Å²) in [6.45, 7) is 10.2. The maximum Gasteiger partial charge on any atom is 0.272 e. The number of rotatable bonds is 4. The van der Waals surface area contributed by atoms with Crippen molar-refractivity contribution in [2.45, 2.75) is 57.9 Å². The summed E-state index contributed by atoms with van der Waals surface area (Å²) in [6.07, 6.45) is 9.42. The van der Waals surface area contributed by atoms with Crippen LogP contribution >= 0.6 is 0 Å². The van der Waals surface area contributed by atoms with Gasteiger partial charge in [0.05, 0.1) is 0 Å². The number of nitrogens with zero attached hydrogens (tertiary/aromatic N) is 4. The van der Waals surface area contributed by atoms with Crippen LogP contribution in [0.25, 0.3) is 0 Å². The number of piperazine rings is 1. The van der Waals surface area contributed by atoms with Crippen LogP contribution in [0.15, 0.2) is 18.2 Å². The molecule has 4 fully saturated rings. The van der Waals surface area contributed by atoms with Gasteiger partial charge in [-0.2, -0.15) is 0 Å². The number of aryl methyl sites for hydroxylation is 1. The fourth-order valence-corrected chi connectivity index (χ4v) is 6.14. The summed E-state index contributed by atoms with van der Waals surface area (Å²) in [5.74, 6) is 0.995. The average Bonchev–Trinajstić information content (AvgIpc) is 2.67. The van der Waals surface area contributed by atoms with Crippen molar-refractivity contribution in [1.29, 1.82) is 0 Å². The van der Waals surface area contributed by atoms with Gasteiger partial charge in [-0.3, -0.25) is 9.69 Å². The first-order chi connectivity index (χ1) is 14.1. The van der Waals surface area contributed by atoms with Gasteiger partial charge in [-0.1, -0.05) is 12.5 Å². The molecule has 4 aliphatic rings. The van der Waals surface area contributed by atoms with Crippen LogP contribution in [0.4, 0.5) is 0 Å². The quantitative estimate of drug-likeness (QED) is 0.784. The number of hydrogen-bond donors (Lipinski definition) is 0. The van der Waals surface area contributed by atoms with Crippen LogP contribution in [0, 0.1) is 18.3 Å². The number of pyridine rings is 1. The number of carbonyl (C=O) groups excluding carboxylic acids is 1. The summed E-state index contributed by atoms with van der Waals surface area (Å²) >= 11 is 0. The van der Waals surface area contributed by atoms with E-state index in [-0.39, 0.29) is 5.91 Å². The van der Waals surface area contributed by atoms with Gasteiger partial charge in [-0.25, -0.2) is 4.98 Å². The molecule has 0 atom stereocenters. The van der Waals surface area contributed by atoms with E-state index < -0.39 is 0 Å². The van der Waals surface area contributed by atoms with Crippen LogP contribution in [-0.4, -0.2) is 77.4 Å². The Hall–Kier alpha value is -1.46. The summed E-state index contributed by atoms with van der Waals surface area (Å²) in [5, 5.41) is 0. The number of aromatic nitrogens is 1. The highest BCUT2D eigenvalue weighted by Crippen LogP contribution is 2.52. The van der Waals surface area contributed by atoms with E-state index in [1.54, 1.807) is 0 Å². The first-order valence-electron chi connectivity index (χ1n) is 11.8. The lowest BCUT2D eigenvalue weighted by molar-refractivity contribution is -0.0301. The molecule has 2 saturated carbocycles. The minimum absolute atomic E-state index is 0.115. The van der Waals surface area contributed by atoms with Gasteiger partial charge in [0, 0.05) is 57.5 Å². The minimum atomic E-state index is 0.115. The third kappa shape index (κ3) is 4.09. The normalized spacial score (nSPS) is 26.3. The van der Waals surface area contributed by atoms with Crippen molar-refractivity contribution in [2.75, 3.05) is 45.8 Å². The predicted octanol–water partition coefficient (Wildman–Crippen LogP) is 3.19. The van der Waals surface area contributed by atoms with E-state index in [9.17, 15) is 4.79 Å². The van der Waals surface area contributed by atoms with Gasteiger partial charge in [-0.15, -0.1) is 0 Å². The summed E-state index contributed by atoms with van der Waals surface area (Å²) in [6, 6.07) is 6.64. The molecule has 5 nitrogen and oxygen atoms in total. The Morgan fingerprint density at radius 3 is 2.41 bits per heavy atom. The monoisotopic (exact) mass is 396 g/mol. The van der Waals surface area contributed by atoms with Gasteiger partial charge in [0.1, 0.15) is 5.69 Å². The van der Waals surface area contributed by atoms with Gasteiger partial charge in [0.25, 0.3) is 5.91 Å². The molecule has 158 valence electrons. The Kier molecular flexibility index (Phi) is 5.37. The summed E-state index contributed by atoms with van der Waals surface area (Å²) in [4.78, 5) is 24.6. The van der Waals surface area contributed by atoms with E-state index in [1.165, 1.54) is 77.7 Å². The zero-order valence-corrected chi connectivity index (χ0v) is 18.0. The standard InChI is InChI=1S/C24H36N4O/c1-19-4-2-7-22(25-19)23(29)28-10-8-24(9-11-28)16-20(17-24)18-26-12-14-27(15-13-26)21-5-3-6-21/h2,4,7,20-21H,3,5-6,8-18H2,1H3. The Bertz CT molecular complexity index is 722. The van der Waals surface area contributed by atoms with Crippen LogP contribution in [0.3, 0.4) is 0 Å². The molecule has 0 N–H and O–H groups in total. The van der Waals surface area contributed by atoms with Gasteiger partial charge in [-0.05, 0) is 68.9 Å². The Morgan fingerprint density at radius 2 is 1.79 bits per heavy atom. The third-order valence-corrected chi connectivity index (χ3v) is 8.18. The second kappa shape index (κ2) is 7.99. The first kappa shape index (κ1) is 19.5. The third-order valence-electron chi connectivity index (χ3n) is 8.18. The molecule has 5 heteroatoms. The fourth-order valence-electron chi connectivity index (χ4n) is 6.14.